The van der Waals surface area contributed by atoms with E-state index in [0.29, 0.717) is 6.42 Å². The molecule has 1 N–H and O–H groups in total. The third kappa shape index (κ3) is 6.04. The number of hydrogen-bond donors (Lipinski definition) is 1. The Morgan fingerprint density at radius 1 is 1.14 bits per heavy atom. The summed E-state index contributed by atoms with van der Waals surface area (Å²) in [6, 6.07) is -0.609. The minimum Gasteiger partial charge on any atom is -0.467 e. The van der Waals surface area contributed by atoms with Crippen molar-refractivity contribution in [1.82, 2.24) is 4.90 Å². The first-order valence-corrected chi connectivity index (χ1v) is 8.15. The zero-order chi connectivity index (χ0) is 15.7. The zero-order valence-corrected chi connectivity index (χ0v) is 13.3. The van der Waals surface area contributed by atoms with E-state index in [-0.39, 0.29) is 18.9 Å². The fourth-order valence-electron chi connectivity index (χ4n) is 2.83. The minimum absolute atomic E-state index is 0.0458. The molecule has 0 bridgehead atoms. The summed E-state index contributed by atoms with van der Waals surface area (Å²) in [5.74, 6) is -0.477. The molecule has 1 saturated heterocycles. The van der Waals surface area contributed by atoms with Gasteiger partial charge in [0.25, 0.3) is 0 Å². The number of methoxy groups -OCH3 is 1. The Bertz CT molecular complexity index is 332. The van der Waals surface area contributed by atoms with Crippen LogP contribution in [0.25, 0.3) is 0 Å². The van der Waals surface area contributed by atoms with E-state index in [9.17, 15) is 14.7 Å². The Kier molecular flexibility index (Phi) is 8.35. The third-order valence-corrected chi connectivity index (χ3v) is 4.07. The molecule has 0 radical (unpaired) electrons. The number of unbranched alkanes of at least 4 members (excludes halogenated alkanes) is 6. The summed E-state index contributed by atoms with van der Waals surface area (Å²) in [5, 5.41) is 9.65. The summed E-state index contributed by atoms with van der Waals surface area (Å²) in [6.45, 7) is 2.44. The van der Waals surface area contributed by atoms with Gasteiger partial charge in [-0.25, -0.2) is 4.79 Å². The van der Waals surface area contributed by atoms with Crippen molar-refractivity contribution in [2.45, 2.75) is 76.9 Å². The molecule has 1 rings (SSSR count). The first-order valence-electron chi connectivity index (χ1n) is 8.15. The van der Waals surface area contributed by atoms with Crippen molar-refractivity contribution in [2.75, 3.05) is 13.7 Å². The molecule has 122 valence electrons. The molecule has 1 fully saturated rings. The van der Waals surface area contributed by atoms with E-state index in [1.165, 1.54) is 37.7 Å². The molecule has 0 aromatic rings. The van der Waals surface area contributed by atoms with Crippen molar-refractivity contribution in [1.29, 1.82) is 0 Å². The average Bonchev–Trinajstić information content (AvgIpc) is 2.87. The number of likely N-dealkylation sites (tertiary alicyclic amines) is 1. The van der Waals surface area contributed by atoms with E-state index in [2.05, 4.69) is 6.92 Å². The van der Waals surface area contributed by atoms with Crippen LogP contribution < -0.4 is 0 Å². The summed E-state index contributed by atoms with van der Waals surface area (Å²) >= 11 is 0. The van der Waals surface area contributed by atoms with E-state index in [4.69, 9.17) is 4.74 Å². The van der Waals surface area contributed by atoms with Gasteiger partial charge in [-0.2, -0.15) is 0 Å². The lowest BCUT2D eigenvalue weighted by molar-refractivity contribution is -0.151. The number of β-amino-alcohol motifs (C(OH)–C–C–N with tert-alkyl or cyclic N) is 1. The highest BCUT2D eigenvalue weighted by Crippen LogP contribution is 2.21. The van der Waals surface area contributed by atoms with Gasteiger partial charge in [0.15, 0.2) is 0 Å². The summed E-state index contributed by atoms with van der Waals surface area (Å²) < 4.78 is 4.70. The van der Waals surface area contributed by atoms with E-state index >= 15 is 0 Å². The van der Waals surface area contributed by atoms with Crippen LogP contribution in [0.3, 0.4) is 0 Å². The quantitative estimate of drug-likeness (QED) is 0.524. The van der Waals surface area contributed by atoms with Crippen molar-refractivity contribution in [3.8, 4) is 0 Å². The number of esters is 1. The van der Waals surface area contributed by atoms with Crippen molar-refractivity contribution >= 4 is 11.9 Å². The highest BCUT2D eigenvalue weighted by atomic mass is 16.5. The highest BCUT2D eigenvalue weighted by Gasteiger charge is 2.39. The molecule has 1 aliphatic heterocycles. The van der Waals surface area contributed by atoms with E-state index in [1.54, 1.807) is 0 Å². The summed E-state index contributed by atoms with van der Waals surface area (Å²) in [6.07, 6.45) is 8.21. The maximum atomic E-state index is 12.2. The van der Waals surface area contributed by atoms with E-state index in [0.717, 1.165) is 19.3 Å². The number of rotatable bonds is 9. The number of amides is 1. The molecular formula is C16H29NO4. The third-order valence-electron chi connectivity index (χ3n) is 4.07. The number of nitrogens with zero attached hydrogens (tertiary/aromatic N) is 1. The predicted octanol–water partition coefficient (Wildman–Crippen LogP) is 2.26. The molecule has 1 amide bonds. The second-order valence-electron chi connectivity index (χ2n) is 5.85. The van der Waals surface area contributed by atoms with E-state index < -0.39 is 18.1 Å². The van der Waals surface area contributed by atoms with Crippen LogP contribution in [0.15, 0.2) is 0 Å². The van der Waals surface area contributed by atoms with Gasteiger partial charge < -0.3 is 14.7 Å². The number of carbonyl (C=O) groups is 2. The van der Waals surface area contributed by atoms with Crippen molar-refractivity contribution in [2.24, 2.45) is 0 Å². The van der Waals surface area contributed by atoms with Crippen LogP contribution in [0.4, 0.5) is 0 Å². The van der Waals surface area contributed by atoms with Crippen molar-refractivity contribution in [3.63, 3.8) is 0 Å². The second kappa shape index (κ2) is 9.77. The van der Waals surface area contributed by atoms with Gasteiger partial charge in [0, 0.05) is 19.4 Å². The van der Waals surface area contributed by atoms with Crippen LogP contribution >= 0.6 is 0 Å². The zero-order valence-electron chi connectivity index (χ0n) is 13.3. The van der Waals surface area contributed by atoms with Crippen LogP contribution in [0.5, 0.6) is 0 Å². The molecule has 5 heteroatoms. The highest BCUT2D eigenvalue weighted by molar-refractivity contribution is 5.85. The van der Waals surface area contributed by atoms with Crippen LogP contribution in [0.1, 0.15) is 64.7 Å². The first-order chi connectivity index (χ1) is 10.1. The fraction of sp³-hybridized carbons (Fsp3) is 0.875. The number of hydrogen-bond acceptors (Lipinski definition) is 4. The molecule has 1 unspecified atom stereocenters. The molecule has 0 aromatic heterocycles. The maximum Gasteiger partial charge on any atom is 0.328 e. The summed E-state index contributed by atoms with van der Waals surface area (Å²) in [7, 11) is 1.31. The van der Waals surface area contributed by atoms with Crippen LogP contribution in [0.2, 0.25) is 0 Å². The van der Waals surface area contributed by atoms with Crippen molar-refractivity contribution in [3.05, 3.63) is 0 Å². The normalized spacial score (nSPS) is 21.6. The molecule has 1 aliphatic rings. The van der Waals surface area contributed by atoms with Gasteiger partial charge in [-0.05, 0) is 6.42 Å². The van der Waals surface area contributed by atoms with Gasteiger partial charge in [-0.3, -0.25) is 4.79 Å². The Morgan fingerprint density at radius 3 is 2.38 bits per heavy atom. The first kappa shape index (κ1) is 18.0. The SMILES string of the molecule is CCCCCCCCCC(=O)N1CC(O)C[C@H]1C(=O)OC. The number of carbonyl (C=O) groups excluding carboxylic acids is 2. The van der Waals surface area contributed by atoms with Crippen LogP contribution in [-0.4, -0.2) is 47.7 Å². The van der Waals surface area contributed by atoms with Crippen molar-refractivity contribution < 1.29 is 19.4 Å². The Morgan fingerprint density at radius 2 is 1.76 bits per heavy atom. The summed E-state index contributed by atoms with van der Waals surface area (Å²) in [5.41, 5.74) is 0. The molecular weight excluding hydrogens is 270 g/mol. The van der Waals surface area contributed by atoms with Gasteiger partial charge in [-0.1, -0.05) is 45.4 Å². The van der Waals surface area contributed by atoms with Gasteiger partial charge >= 0.3 is 5.97 Å². The number of aliphatic hydroxyl groups is 1. The van der Waals surface area contributed by atoms with Gasteiger partial charge in [0.1, 0.15) is 6.04 Å². The Balaban J connectivity index is 2.25. The predicted molar refractivity (Wildman–Crippen MR) is 80.8 cm³/mol. The minimum atomic E-state index is -0.618. The molecule has 0 spiro atoms. The van der Waals surface area contributed by atoms with E-state index in [1.807, 2.05) is 0 Å². The lowest BCUT2D eigenvalue weighted by Gasteiger charge is -2.22. The molecule has 0 saturated carbocycles. The number of ether oxygens (including phenoxy) is 1. The van der Waals surface area contributed by atoms with Crippen LogP contribution in [-0.2, 0) is 14.3 Å². The molecule has 0 aliphatic carbocycles. The van der Waals surface area contributed by atoms with Crippen LogP contribution in [0, 0.1) is 0 Å². The van der Waals surface area contributed by atoms with Gasteiger partial charge in [0.2, 0.25) is 5.91 Å². The largest absolute Gasteiger partial charge is 0.467 e. The summed E-state index contributed by atoms with van der Waals surface area (Å²) in [4.78, 5) is 25.3. The molecule has 21 heavy (non-hydrogen) atoms. The smallest absolute Gasteiger partial charge is 0.328 e. The average molecular weight is 299 g/mol. The fourth-order valence-corrected chi connectivity index (χ4v) is 2.83. The molecule has 0 aromatic carbocycles. The standard InChI is InChI=1S/C16H29NO4/c1-3-4-5-6-7-8-9-10-15(19)17-12-13(18)11-14(17)16(20)21-2/h13-14,18H,3-12H2,1-2H3/t13?,14-/m0/s1. The molecule has 1 heterocycles. The Labute approximate surface area is 127 Å². The lowest BCUT2D eigenvalue weighted by atomic mass is 10.1. The molecule has 2 atom stereocenters. The number of aliphatic hydroxyl groups excluding tert-OH is 1. The van der Waals surface area contributed by atoms with Gasteiger partial charge in [-0.15, -0.1) is 0 Å². The molecule has 5 nitrogen and oxygen atoms in total. The Hall–Kier alpha value is -1.10. The second-order valence-corrected chi connectivity index (χ2v) is 5.85. The maximum absolute atomic E-state index is 12.2. The lowest BCUT2D eigenvalue weighted by Crippen LogP contribution is -2.41. The van der Waals surface area contributed by atoms with Gasteiger partial charge in [0.05, 0.1) is 13.2 Å². The monoisotopic (exact) mass is 299 g/mol. The topological polar surface area (TPSA) is 66.8 Å².